The third kappa shape index (κ3) is 4.06. The summed E-state index contributed by atoms with van der Waals surface area (Å²) < 4.78 is 34.0. The molecule has 0 saturated carbocycles. The van der Waals surface area contributed by atoms with E-state index in [1.165, 1.54) is 47.0 Å². The number of sulfonamides is 1. The second-order valence-electron chi connectivity index (χ2n) is 7.17. The van der Waals surface area contributed by atoms with E-state index in [4.69, 9.17) is 4.74 Å². The Bertz CT molecular complexity index is 1330. The highest BCUT2D eigenvalue weighted by molar-refractivity contribution is 7.89. The van der Waals surface area contributed by atoms with E-state index in [0.717, 1.165) is 23.1 Å². The van der Waals surface area contributed by atoms with Crippen LogP contribution in [0.5, 0.6) is 0 Å². The highest BCUT2D eigenvalue weighted by Gasteiger charge is 2.27. The Morgan fingerprint density at radius 2 is 1.68 bits per heavy atom. The van der Waals surface area contributed by atoms with E-state index in [9.17, 15) is 18.0 Å². The summed E-state index contributed by atoms with van der Waals surface area (Å²) in [6.07, 6.45) is 1.73. The number of nitrogens with zero attached hydrogens (tertiary/aromatic N) is 3. The van der Waals surface area contributed by atoms with Gasteiger partial charge in [0.05, 0.1) is 27.8 Å². The molecule has 8 nitrogen and oxygen atoms in total. The average molecular weight is 460 g/mol. The number of amides is 1. The number of esters is 1. The van der Waals surface area contributed by atoms with Gasteiger partial charge in [-0.3, -0.25) is 4.79 Å². The standard InChI is InChI=1S/C21H21N3O5S2/c1-23-17-10-7-15(20(26)29-2)13-18(17)30-21(23)22-19(25)14-5-8-16(9-6-14)31(27,28)24-11-3-4-12-24/h5-10,13H,3-4,11-12H2,1-2H3. The van der Waals surface area contributed by atoms with E-state index in [-0.39, 0.29) is 4.90 Å². The monoisotopic (exact) mass is 459 g/mol. The highest BCUT2D eigenvalue weighted by atomic mass is 32.2. The minimum atomic E-state index is -3.53. The van der Waals surface area contributed by atoms with Crippen molar-refractivity contribution in [1.29, 1.82) is 0 Å². The Labute approximate surface area is 183 Å². The van der Waals surface area contributed by atoms with Crippen LogP contribution in [-0.4, -0.2) is 49.4 Å². The molecule has 10 heteroatoms. The molecule has 1 aromatic heterocycles. The Kier molecular flexibility index (Phi) is 5.78. The van der Waals surface area contributed by atoms with Crippen molar-refractivity contribution in [3.05, 3.63) is 58.4 Å². The van der Waals surface area contributed by atoms with Gasteiger partial charge in [-0.1, -0.05) is 11.3 Å². The number of aryl methyl sites for hydroxylation is 1. The second-order valence-corrected chi connectivity index (χ2v) is 10.1. The Morgan fingerprint density at radius 1 is 1.03 bits per heavy atom. The van der Waals surface area contributed by atoms with E-state index < -0.39 is 21.9 Å². The fourth-order valence-corrected chi connectivity index (χ4v) is 6.06. The lowest BCUT2D eigenvalue weighted by Gasteiger charge is -2.15. The Hall–Kier alpha value is -2.82. The van der Waals surface area contributed by atoms with Crippen LogP contribution in [0.1, 0.15) is 33.6 Å². The topological polar surface area (TPSA) is 98.0 Å². The summed E-state index contributed by atoms with van der Waals surface area (Å²) in [7, 11) is -0.418. The maximum absolute atomic E-state index is 12.7. The molecule has 1 saturated heterocycles. The first-order chi connectivity index (χ1) is 14.8. The molecule has 0 unspecified atom stereocenters. The summed E-state index contributed by atoms with van der Waals surface area (Å²) in [4.78, 5) is 29.3. The Balaban J connectivity index is 1.63. The number of hydrogen-bond acceptors (Lipinski definition) is 6. The smallest absolute Gasteiger partial charge is 0.337 e. The van der Waals surface area contributed by atoms with E-state index in [0.29, 0.717) is 29.0 Å². The van der Waals surface area contributed by atoms with Crippen molar-refractivity contribution in [2.75, 3.05) is 20.2 Å². The van der Waals surface area contributed by atoms with Crippen LogP contribution in [0.3, 0.4) is 0 Å². The number of carbonyl (C=O) groups is 2. The number of rotatable bonds is 4. The van der Waals surface area contributed by atoms with Gasteiger partial charge in [0.2, 0.25) is 10.0 Å². The molecular weight excluding hydrogens is 438 g/mol. The zero-order valence-electron chi connectivity index (χ0n) is 17.1. The molecule has 2 aromatic carbocycles. The molecule has 0 N–H and O–H groups in total. The quantitative estimate of drug-likeness (QED) is 0.559. The van der Waals surface area contributed by atoms with Crippen molar-refractivity contribution < 1.29 is 22.7 Å². The molecule has 1 fully saturated rings. The van der Waals surface area contributed by atoms with E-state index in [1.54, 1.807) is 29.8 Å². The lowest BCUT2D eigenvalue weighted by molar-refractivity contribution is 0.0600. The molecule has 162 valence electrons. The van der Waals surface area contributed by atoms with E-state index >= 15 is 0 Å². The van der Waals surface area contributed by atoms with Crippen LogP contribution in [0.2, 0.25) is 0 Å². The fraction of sp³-hybridized carbons (Fsp3) is 0.286. The number of ether oxygens (including phenoxy) is 1. The van der Waals surface area contributed by atoms with Gasteiger partial charge in [0, 0.05) is 25.7 Å². The molecule has 3 aromatic rings. The number of carbonyl (C=O) groups excluding carboxylic acids is 2. The first-order valence-corrected chi connectivity index (χ1v) is 11.9. The minimum absolute atomic E-state index is 0.175. The lowest BCUT2D eigenvalue weighted by atomic mass is 10.2. The van der Waals surface area contributed by atoms with Gasteiger partial charge in [0.15, 0.2) is 4.80 Å². The highest BCUT2D eigenvalue weighted by Crippen LogP contribution is 2.22. The van der Waals surface area contributed by atoms with Gasteiger partial charge < -0.3 is 9.30 Å². The van der Waals surface area contributed by atoms with Crippen LogP contribution in [0.25, 0.3) is 10.2 Å². The molecule has 0 aliphatic carbocycles. The molecule has 4 rings (SSSR count). The van der Waals surface area contributed by atoms with Crippen LogP contribution >= 0.6 is 11.3 Å². The van der Waals surface area contributed by atoms with Crippen molar-refractivity contribution in [2.45, 2.75) is 17.7 Å². The fourth-order valence-electron chi connectivity index (χ4n) is 3.48. The largest absolute Gasteiger partial charge is 0.465 e. The number of benzene rings is 2. The van der Waals surface area contributed by atoms with Gasteiger partial charge >= 0.3 is 5.97 Å². The third-order valence-electron chi connectivity index (χ3n) is 5.23. The first-order valence-electron chi connectivity index (χ1n) is 9.68. The average Bonchev–Trinajstić information content (AvgIpc) is 3.42. The lowest BCUT2D eigenvalue weighted by Crippen LogP contribution is -2.27. The third-order valence-corrected chi connectivity index (χ3v) is 8.24. The number of methoxy groups -OCH3 is 1. The van der Waals surface area contributed by atoms with Crippen LogP contribution in [0.4, 0.5) is 0 Å². The summed E-state index contributed by atoms with van der Waals surface area (Å²) >= 11 is 1.28. The van der Waals surface area contributed by atoms with Crippen molar-refractivity contribution >= 4 is 43.5 Å². The van der Waals surface area contributed by atoms with Crippen molar-refractivity contribution in [2.24, 2.45) is 12.0 Å². The predicted octanol–water partition coefficient (Wildman–Crippen LogP) is 2.55. The Morgan fingerprint density at radius 3 is 2.32 bits per heavy atom. The molecule has 1 aliphatic rings. The maximum Gasteiger partial charge on any atom is 0.337 e. The predicted molar refractivity (Wildman–Crippen MR) is 116 cm³/mol. The van der Waals surface area contributed by atoms with Gasteiger partial charge in [-0.05, 0) is 55.3 Å². The zero-order chi connectivity index (χ0) is 22.2. The van der Waals surface area contributed by atoms with Gasteiger partial charge in [0.1, 0.15) is 0 Å². The van der Waals surface area contributed by atoms with Gasteiger partial charge in [0.25, 0.3) is 5.91 Å². The molecule has 0 spiro atoms. The molecule has 0 bridgehead atoms. The normalized spacial score (nSPS) is 15.5. The molecule has 0 radical (unpaired) electrons. The van der Waals surface area contributed by atoms with Gasteiger partial charge in [-0.2, -0.15) is 9.30 Å². The zero-order valence-corrected chi connectivity index (χ0v) is 18.7. The summed E-state index contributed by atoms with van der Waals surface area (Å²) in [5, 5.41) is 0. The SMILES string of the molecule is COC(=O)c1ccc2c(c1)sc(=NC(=O)c1ccc(S(=O)(=O)N3CCCC3)cc1)n2C. The van der Waals surface area contributed by atoms with E-state index in [1.807, 2.05) is 0 Å². The van der Waals surface area contributed by atoms with Crippen molar-refractivity contribution in [3.63, 3.8) is 0 Å². The second kappa shape index (κ2) is 8.37. The van der Waals surface area contributed by atoms with Crippen LogP contribution in [0, 0.1) is 0 Å². The maximum atomic E-state index is 12.7. The van der Waals surface area contributed by atoms with Crippen LogP contribution in [-0.2, 0) is 21.8 Å². The molecular formula is C21H21N3O5S2. The number of thiazole rings is 1. The van der Waals surface area contributed by atoms with Crippen molar-refractivity contribution in [3.8, 4) is 0 Å². The number of fused-ring (bicyclic) bond motifs is 1. The molecule has 0 atom stereocenters. The molecule has 1 amide bonds. The molecule has 2 heterocycles. The van der Waals surface area contributed by atoms with E-state index in [2.05, 4.69) is 4.99 Å². The van der Waals surface area contributed by atoms with Crippen molar-refractivity contribution in [1.82, 2.24) is 8.87 Å². The minimum Gasteiger partial charge on any atom is -0.465 e. The summed E-state index contributed by atoms with van der Waals surface area (Å²) in [5.74, 6) is -0.906. The first kappa shape index (κ1) is 21.4. The summed E-state index contributed by atoms with van der Waals surface area (Å²) in [6.45, 7) is 1.05. The van der Waals surface area contributed by atoms with Gasteiger partial charge in [-0.25, -0.2) is 13.2 Å². The molecule has 1 aliphatic heterocycles. The number of aromatic nitrogens is 1. The van der Waals surface area contributed by atoms with Crippen LogP contribution < -0.4 is 4.80 Å². The van der Waals surface area contributed by atoms with Gasteiger partial charge in [-0.15, -0.1) is 0 Å². The summed E-state index contributed by atoms with van der Waals surface area (Å²) in [5.41, 5.74) is 1.55. The number of hydrogen-bond donors (Lipinski definition) is 0. The van der Waals surface area contributed by atoms with Crippen LogP contribution in [0.15, 0.2) is 52.4 Å². The molecule has 31 heavy (non-hydrogen) atoms. The summed E-state index contributed by atoms with van der Waals surface area (Å²) in [6, 6.07) is 11.0.